The van der Waals surface area contributed by atoms with E-state index in [1.54, 1.807) is 18.2 Å². The zero-order chi connectivity index (χ0) is 14.7. The van der Waals surface area contributed by atoms with Crippen molar-refractivity contribution in [2.24, 2.45) is 5.73 Å². The van der Waals surface area contributed by atoms with Crippen LogP contribution in [0, 0.1) is 13.8 Å². The Bertz CT molecular complexity index is 635. The molecule has 0 atom stereocenters. The Morgan fingerprint density at radius 3 is 2.40 bits per heavy atom. The highest BCUT2D eigenvalue weighted by Crippen LogP contribution is 2.24. The molecule has 104 valence electrons. The number of aryl methyl sites for hydroxylation is 2. The number of thiocarbonyl (C=S) groups is 1. The predicted octanol–water partition coefficient (Wildman–Crippen LogP) is 4.17. The lowest BCUT2D eigenvalue weighted by atomic mass is 10.1. The maximum absolute atomic E-state index is 5.99. The molecule has 0 saturated carbocycles. The number of hydrogen-bond acceptors (Lipinski definition) is 2. The molecular formula is C16H16ClNOS. The second-order valence-corrected chi connectivity index (χ2v) is 5.67. The maximum atomic E-state index is 5.99. The number of halogens is 1. The van der Waals surface area contributed by atoms with Gasteiger partial charge in [-0.15, -0.1) is 0 Å². The van der Waals surface area contributed by atoms with Crippen LogP contribution < -0.4 is 10.5 Å². The molecule has 0 aliphatic heterocycles. The average molecular weight is 306 g/mol. The van der Waals surface area contributed by atoms with E-state index in [4.69, 9.17) is 34.3 Å². The number of ether oxygens (including phenoxy) is 1. The van der Waals surface area contributed by atoms with Crippen molar-refractivity contribution in [1.29, 1.82) is 0 Å². The number of nitrogens with two attached hydrogens (primary N) is 1. The Hall–Kier alpha value is -1.58. The van der Waals surface area contributed by atoms with Crippen LogP contribution in [0.25, 0.3) is 0 Å². The first-order valence-electron chi connectivity index (χ1n) is 6.25. The van der Waals surface area contributed by atoms with Crippen LogP contribution >= 0.6 is 23.8 Å². The van der Waals surface area contributed by atoms with Gasteiger partial charge < -0.3 is 10.5 Å². The fourth-order valence-electron chi connectivity index (χ4n) is 2.13. The van der Waals surface area contributed by atoms with Gasteiger partial charge in [0.25, 0.3) is 0 Å². The van der Waals surface area contributed by atoms with Gasteiger partial charge in [0.05, 0.1) is 5.56 Å². The Morgan fingerprint density at radius 2 is 1.80 bits per heavy atom. The molecule has 0 spiro atoms. The Morgan fingerprint density at radius 1 is 1.15 bits per heavy atom. The smallest absolute Gasteiger partial charge is 0.131 e. The van der Waals surface area contributed by atoms with Crippen LogP contribution in [0.15, 0.2) is 36.4 Å². The number of hydrogen-bond donors (Lipinski definition) is 1. The largest absolute Gasteiger partial charge is 0.488 e. The second-order valence-electron chi connectivity index (χ2n) is 4.79. The quantitative estimate of drug-likeness (QED) is 0.861. The molecule has 0 aliphatic carbocycles. The highest BCUT2D eigenvalue weighted by atomic mass is 35.5. The van der Waals surface area contributed by atoms with Gasteiger partial charge in [-0.3, -0.25) is 0 Å². The molecule has 2 rings (SSSR count). The number of benzene rings is 2. The first kappa shape index (κ1) is 14.8. The molecule has 2 nitrogen and oxygen atoms in total. The highest BCUT2D eigenvalue weighted by Gasteiger charge is 2.08. The molecule has 0 saturated heterocycles. The van der Waals surface area contributed by atoms with Crippen LogP contribution in [0.4, 0.5) is 0 Å². The van der Waals surface area contributed by atoms with Crippen molar-refractivity contribution in [3.8, 4) is 5.75 Å². The van der Waals surface area contributed by atoms with Crippen molar-refractivity contribution >= 4 is 28.8 Å². The van der Waals surface area contributed by atoms with Crippen molar-refractivity contribution in [2.45, 2.75) is 20.5 Å². The van der Waals surface area contributed by atoms with Crippen molar-refractivity contribution in [3.05, 3.63) is 63.7 Å². The molecule has 2 aromatic rings. The average Bonchev–Trinajstić information content (AvgIpc) is 2.35. The Labute approximate surface area is 129 Å². The lowest BCUT2D eigenvalue weighted by molar-refractivity contribution is 0.305. The van der Waals surface area contributed by atoms with E-state index in [0.29, 0.717) is 27.9 Å². The molecule has 0 unspecified atom stereocenters. The summed E-state index contributed by atoms with van der Waals surface area (Å²) in [6.07, 6.45) is 0. The van der Waals surface area contributed by atoms with Crippen LogP contribution in [-0.2, 0) is 6.61 Å². The van der Waals surface area contributed by atoms with Gasteiger partial charge in [-0.25, -0.2) is 0 Å². The zero-order valence-electron chi connectivity index (χ0n) is 11.4. The van der Waals surface area contributed by atoms with Gasteiger partial charge in [-0.2, -0.15) is 0 Å². The van der Waals surface area contributed by atoms with Gasteiger partial charge >= 0.3 is 0 Å². The van der Waals surface area contributed by atoms with E-state index in [2.05, 4.69) is 32.0 Å². The summed E-state index contributed by atoms with van der Waals surface area (Å²) in [6, 6.07) is 11.6. The van der Waals surface area contributed by atoms with Gasteiger partial charge in [-0.1, -0.05) is 53.1 Å². The van der Waals surface area contributed by atoms with Crippen LogP contribution in [0.5, 0.6) is 5.75 Å². The fourth-order valence-corrected chi connectivity index (χ4v) is 2.46. The molecule has 20 heavy (non-hydrogen) atoms. The van der Waals surface area contributed by atoms with Crippen LogP contribution in [0.1, 0.15) is 22.3 Å². The Balaban J connectivity index is 2.22. The van der Waals surface area contributed by atoms with Gasteiger partial charge in [0, 0.05) is 5.02 Å². The van der Waals surface area contributed by atoms with Crippen LogP contribution in [0.3, 0.4) is 0 Å². The van der Waals surface area contributed by atoms with E-state index in [1.807, 2.05) is 0 Å². The van der Waals surface area contributed by atoms with E-state index < -0.39 is 0 Å². The second kappa shape index (κ2) is 6.25. The summed E-state index contributed by atoms with van der Waals surface area (Å²) in [4.78, 5) is 0.303. The fraction of sp³-hybridized carbons (Fsp3) is 0.188. The van der Waals surface area contributed by atoms with Gasteiger partial charge in [0.1, 0.15) is 17.3 Å². The molecule has 0 fully saturated rings. The first-order chi connectivity index (χ1) is 9.45. The summed E-state index contributed by atoms with van der Waals surface area (Å²) < 4.78 is 5.82. The topological polar surface area (TPSA) is 35.2 Å². The lowest BCUT2D eigenvalue weighted by Gasteiger charge is -2.12. The molecule has 2 N–H and O–H groups in total. The summed E-state index contributed by atoms with van der Waals surface area (Å²) in [6.45, 7) is 4.59. The highest BCUT2D eigenvalue weighted by molar-refractivity contribution is 7.80. The summed E-state index contributed by atoms with van der Waals surface area (Å²) in [7, 11) is 0. The van der Waals surface area contributed by atoms with Crippen LogP contribution in [-0.4, -0.2) is 4.99 Å². The third kappa shape index (κ3) is 3.71. The van der Waals surface area contributed by atoms with E-state index in [-0.39, 0.29) is 0 Å². The van der Waals surface area contributed by atoms with Crippen molar-refractivity contribution in [1.82, 2.24) is 0 Å². The van der Waals surface area contributed by atoms with Crippen LogP contribution in [0.2, 0.25) is 5.02 Å². The van der Waals surface area contributed by atoms with E-state index in [1.165, 1.54) is 11.1 Å². The van der Waals surface area contributed by atoms with Crippen molar-refractivity contribution in [3.63, 3.8) is 0 Å². The monoisotopic (exact) mass is 305 g/mol. The normalized spacial score (nSPS) is 10.3. The zero-order valence-corrected chi connectivity index (χ0v) is 13.0. The summed E-state index contributed by atoms with van der Waals surface area (Å²) in [5.74, 6) is 0.615. The predicted molar refractivity (Wildman–Crippen MR) is 87.6 cm³/mol. The third-order valence-corrected chi connectivity index (χ3v) is 3.34. The van der Waals surface area contributed by atoms with E-state index in [9.17, 15) is 0 Å². The molecule has 4 heteroatoms. The standard InChI is InChI=1S/C16H16ClNOS/c1-10-5-11(2)7-12(6-10)9-19-15-8-13(17)3-4-14(15)16(18)20/h3-8H,9H2,1-2H3,(H2,18,20). The molecule has 0 bridgehead atoms. The third-order valence-electron chi connectivity index (χ3n) is 2.88. The first-order valence-corrected chi connectivity index (χ1v) is 7.03. The van der Waals surface area contributed by atoms with Gasteiger partial charge in [0.15, 0.2) is 0 Å². The van der Waals surface area contributed by atoms with Gasteiger partial charge in [-0.05, 0) is 37.6 Å². The van der Waals surface area contributed by atoms with Gasteiger partial charge in [0.2, 0.25) is 0 Å². The summed E-state index contributed by atoms with van der Waals surface area (Å²) in [5.41, 5.74) is 9.93. The Kier molecular flexibility index (Phi) is 4.63. The summed E-state index contributed by atoms with van der Waals surface area (Å²) >= 11 is 11.0. The molecule has 0 aromatic heterocycles. The maximum Gasteiger partial charge on any atom is 0.131 e. The molecule has 0 heterocycles. The molecule has 0 aliphatic rings. The number of rotatable bonds is 4. The minimum absolute atomic E-state index is 0.303. The van der Waals surface area contributed by atoms with Crippen molar-refractivity contribution in [2.75, 3.05) is 0 Å². The van der Waals surface area contributed by atoms with Crippen molar-refractivity contribution < 1.29 is 4.74 Å². The molecule has 0 amide bonds. The summed E-state index contributed by atoms with van der Waals surface area (Å²) in [5, 5.41) is 0.598. The molecule has 2 aromatic carbocycles. The van der Waals surface area contributed by atoms with E-state index >= 15 is 0 Å². The SMILES string of the molecule is Cc1cc(C)cc(COc2cc(Cl)ccc2C(N)=S)c1. The minimum atomic E-state index is 0.303. The lowest BCUT2D eigenvalue weighted by Crippen LogP contribution is -2.11. The molecule has 0 radical (unpaired) electrons. The minimum Gasteiger partial charge on any atom is -0.488 e. The van der Waals surface area contributed by atoms with E-state index in [0.717, 1.165) is 5.56 Å². The molecular weight excluding hydrogens is 290 g/mol.